The Morgan fingerprint density at radius 3 is 2.70 bits per heavy atom. The van der Waals surface area contributed by atoms with E-state index in [2.05, 4.69) is 10.4 Å². The molecule has 2 aromatic rings. The summed E-state index contributed by atoms with van der Waals surface area (Å²) in [6.07, 6.45) is 6.53. The number of hydrogen-bond donors (Lipinski definition) is 1. The number of carbonyl (C=O) groups excluding carboxylic acids is 2. The molecule has 3 heterocycles. The van der Waals surface area contributed by atoms with Gasteiger partial charge in [-0.25, -0.2) is 0 Å². The number of nitrogens with zero attached hydrogens (tertiary/aromatic N) is 4. The van der Waals surface area contributed by atoms with E-state index in [0.717, 1.165) is 25.0 Å². The quantitative estimate of drug-likeness (QED) is 0.853. The zero-order valence-corrected chi connectivity index (χ0v) is 13.4. The van der Waals surface area contributed by atoms with Crippen LogP contribution in [0.3, 0.4) is 0 Å². The summed E-state index contributed by atoms with van der Waals surface area (Å²) in [5.74, 6) is -0.746. The average Bonchev–Trinajstić information content (AvgIpc) is 3.15. The number of likely N-dealkylation sites (tertiary alicyclic amines) is 1. The molecule has 1 aliphatic rings. The van der Waals surface area contributed by atoms with E-state index in [-0.39, 0.29) is 6.04 Å². The van der Waals surface area contributed by atoms with Gasteiger partial charge in [-0.15, -0.1) is 0 Å². The SMILES string of the molecule is Cn1ccc(NC(=O)C(=O)N2CCCC[C@@H]2c2cccn2C)n1. The van der Waals surface area contributed by atoms with Crippen molar-refractivity contribution in [3.8, 4) is 0 Å². The van der Waals surface area contributed by atoms with Gasteiger partial charge in [0.15, 0.2) is 5.82 Å². The highest BCUT2D eigenvalue weighted by molar-refractivity contribution is 6.39. The molecule has 2 aromatic heterocycles. The van der Waals surface area contributed by atoms with E-state index in [4.69, 9.17) is 0 Å². The van der Waals surface area contributed by atoms with Crippen LogP contribution >= 0.6 is 0 Å². The predicted octanol–water partition coefficient (Wildman–Crippen LogP) is 1.45. The number of aromatic nitrogens is 3. The molecule has 1 aliphatic heterocycles. The third-order valence-electron chi connectivity index (χ3n) is 4.24. The second-order valence-electron chi connectivity index (χ2n) is 5.88. The second-order valence-corrected chi connectivity index (χ2v) is 5.88. The van der Waals surface area contributed by atoms with Crippen LogP contribution in [-0.2, 0) is 23.7 Å². The summed E-state index contributed by atoms with van der Waals surface area (Å²) < 4.78 is 3.58. The van der Waals surface area contributed by atoms with Crippen LogP contribution in [0.4, 0.5) is 5.82 Å². The fourth-order valence-electron chi connectivity index (χ4n) is 3.08. The minimum absolute atomic E-state index is 0.0502. The Balaban J connectivity index is 1.76. The van der Waals surface area contributed by atoms with Gasteiger partial charge in [0.2, 0.25) is 0 Å². The van der Waals surface area contributed by atoms with Crippen LogP contribution in [0.1, 0.15) is 31.0 Å². The fourth-order valence-corrected chi connectivity index (χ4v) is 3.08. The lowest BCUT2D eigenvalue weighted by molar-refractivity contribution is -0.146. The molecule has 0 radical (unpaired) electrons. The van der Waals surface area contributed by atoms with Crippen LogP contribution in [-0.4, -0.2) is 37.6 Å². The Hall–Kier alpha value is -2.57. The lowest BCUT2D eigenvalue weighted by Crippen LogP contribution is -2.44. The molecule has 0 aromatic carbocycles. The molecule has 122 valence electrons. The van der Waals surface area contributed by atoms with Gasteiger partial charge in [0, 0.05) is 44.8 Å². The first-order valence-electron chi connectivity index (χ1n) is 7.79. The van der Waals surface area contributed by atoms with Gasteiger partial charge in [0.25, 0.3) is 0 Å². The second kappa shape index (κ2) is 6.28. The molecule has 7 heteroatoms. The number of anilines is 1. The zero-order chi connectivity index (χ0) is 16.4. The summed E-state index contributed by atoms with van der Waals surface area (Å²) in [4.78, 5) is 26.5. The first-order valence-corrected chi connectivity index (χ1v) is 7.79. The lowest BCUT2D eigenvalue weighted by atomic mass is 9.99. The van der Waals surface area contributed by atoms with Gasteiger partial charge in [-0.1, -0.05) is 0 Å². The maximum absolute atomic E-state index is 12.6. The van der Waals surface area contributed by atoms with E-state index in [0.29, 0.717) is 12.4 Å². The summed E-state index contributed by atoms with van der Waals surface area (Å²) in [5.41, 5.74) is 1.06. The minimum atomic E-state index is -0.634. The summed E-state index contributed by atoms with van der Waals surface area (Å²) in [6.45, 7) is 0.602. The lowest BCUT2D eigenvalue weighted by Gasteiger charge is -2.35. The number of carbonyl (C=O) groups is 2. The highest BCUT2D eigenvalue weighted by Gasteiger charge is 2.33. The van der Waals surface area contributed by atoms with E-state index in [1.807, 2.05) is 29.9 Å². The first kappa shape index (κ1) is 15.3. The van der Waals surface area contributed by atoms with Crippen molar-refractivity contribution in [2.24, 2.45) is 14.1 Å². The number of amides is 2. The van der Waals surface area contributed by atoms with Gasteiger partial charge in [0.1, 0.15) is 0 Å². The highest BCUT2D eigenvalue weighted by atomic mass is 16.2. The molecule has 1 fully saturated rings. The molecule has 1 atom stereocenters. The number of nitrogens with one attached hydrogen (secondary N) is 1. The minimum Gasteiger partial charge on any atom is -0.353 e. The van der Waals surface area contributed by atoms with Crippen LogP contribution < -0.4 is 5.32 Å². The largest absolute Gasteiger partial charge is 0.353 e. The van der Waals surface area contributed by atoms with Gasteiger partial charge in [-0.3, -0.25) is 14.3 Å². The number of aryl methyl sites for hydroxylation is 2. The predicted molar refractivity (Wildman–Crippen MR) is 85.6 cm³/mol. The van der Waals surface area contributed by atoms with Crippen molar-refractivity contribution in [3.05, 3.63) is 36.3 Å². The van der Waals surface area contributed by atoms with E-state index in [1.54, 1.807) is 28.9 Å². The van der Waals surface area contributed by atoms with Crippen LogP contribution in [0.5, 0.6) is 0 Å². The third-order valence-corrected chi connectivity index (χ3v) is 4.24. The van der Waals surface area contributed by atoms with Crippen molar-refractivity contribution in [2.45, 2.75) is 25.3 Å². The Kier molecular flexibility index (Phi) is 4.18. The van der Waals surface area contributed by atoms with Crippen LogP contribution in [0, 0.1) is 0 Å². The normalized spacial score (nSPS) is 18.0. The standard InChI is InChI=1S/C16H21N5O2/c1-19-9-5-7-12(19)13-6-3-4-10-21(13)16(23)15(22)17-14-8-11-20(2)18-14/h5,7-9,11,13H,3-4,6,10H2,1-2H3,(H,17,18,22)/t13-/m1/s1. The van der Waals surface area contributed by atoms with Gasteiger partial charge in [0.05, 0.1) is 6.04 Å². The monoisotopic (exact) mass is 315 g/mol. The van der Waals surface area contributed by atoms with E-state index < -0.39 is 11.8 Å². The Bertz CT molecular complexity index is 718. The Morgan fingerprint density at radius 1 is 1.22 bits per heavy atom. The van der Waals surface area contributed by atoms with E-state index in [1.165, 1.54) is 0 Å². The van der Waals surface area contributed by atoms with Crippen molar-refractivity contribution < 1.29 is 9.59 Å². The van der Waals surface area contributed by atoms with Crippen molar-refractivity contribution in [2.75, 3.05) is 11.9 Å². The topological polar surface area (TPSA) is 72.2 Å². The summed E-state index contributed by atoms with van der Waals surface area (Å²) in [7, 11) is 3.72. The molecule has 1 saturated heterocycles. The van der Waals surface area contributed by atoms with Gasteiger partial charge >= 0.3 is 11.8 Å². The number of rotatable bonds is 2. The van der Waals surface area contributed by atoms with Gasteiger partial charge in [-0.05, 0) is 31.4 Å². The summed E-state index contributed by atoms with van der Waals surface area (Å²) in [5, 5.41) is 6.64. The molecule has 0 bridgehead atoms. The van der Waals surface area contributed by atoms with Gasteiger partial charge < -0.3 is 14.8 Å². The smallest absolute Gasteiger partial charge is 0.315 e. The molecule has 2 amide bonds. The average molecular weight is 315 g/mol. The number of piperidine rings is 1. The Labute approximate surface area is 134 Å². The molecular formula is C16H21N5O2. The molecular weight excluding hydrogens is 294 g/mol. The molecule has 0 saturated carbocycles. The molecule has 0 unspecified atom stereocenters. The fraction of sp³-hybridized carbons (Fsp3) is 0.438. The summed E-state index contributed by atoms with van der Waals surface area (Å²) in [6, 6.07) is 5.58. The van der Waals surface area contributed by atoms with Crippen molar-refractivity contribution in [1.82, 2.24) is 19.2 Å². The molecule has 7 nitrogen and oxygen atoms in total. The molecule has 0 spiro atoms. The zero-order valence-electron chi connectivity index (χ0n) is 13.4. The van der Waals surface area contributed by atoms with E-state index in [9.17, 15) is 9.59 Å². The Morgan fingerprint density at radius 2 is 2.04 bits per heavy atom. The van der Waals surface area contributed by atoms with Crippen LogP contribution in [0.2, 0.25) is 0 Å². The summed E-state index contributed by atoms with van der Waals surface area (Å²) >= 11 is 0. The molecule has 3 rings (SSSR count). The van der Waals surface area contributed by atoms with Crippen LogP contribution in [0.25, 0.3) is 0 Å². The highest BCUT2D eigenvalue weighted by Crippen LogP contribution is 2.31. The van der Waals surface area contributed by atoms with Crippen molar-refractivity contribution in [1.29, 1.82) is 0 Å². The van der Waals surface area contributed by atoms with E-state index >= 15 is 0 Å². The third kappa shape index (κ3) is 3.13. The molecule has 0 aliphatic carbocycles. The first-order chi connectivity index (χ1) is 11.1. The van der Waals surface area contributed by atoms with Crippen molar-refractivity contribution >= 4 is 17.6 Å². The van der Waals surface area contributed by atoms with Crippen molar-refractivity contribution in [3.63, 3.8) is 0 Å². The number of hydrogen-bond acceptors (Lipinski definition) is 3. The maximum Gasteiger partial charge on any atom is 0.315 e. The molecule has 1 N–H and O–H groups in total. The van der Waals surface area contributed by atoms with Gasteiger partial charge in [-0.2, -0.15) is 5.10 Å². The maximum atomic E-state index is 12.6. The molecule has 23 heavy (non-hydrogen) atoms. The van der Waals surface area contributed by atoms with Crippen LogP contribution in [0.15, 0.2) is 30.6 Å².